The molecule has 0 aliphatic rings. The number of aryl methyl sites for hydroxylation is 1. The van der Waals surface area contributed by atoms with Crippen LogP contribution in [0, 0.1) is 11.6 Å². The largest absolute Gasteiger partial charge is 0.359 e. The first-order chi connectivity index (χ1) is 8.72. The maximum Gasteiger partial charge on any atom is 0.150 e. The lowest BCUT2D eigenvalue weighted by molar-refractivity contribution is 0.590. The van der Waals surface area contributed by atoms with Crippen molar-refractivity contribution in [2.45, 2.75) is 45.4 Å². The van der Waals surface area contributed by atoms with Gasteiger partial charge in [-0.1, -0.05) is 32.6 Å². The van der Waals surface area contributed by atoms with Gasteiger partial charge in [0.15, 0.2) is 0 Å². The van der Waals surface area contributed by atoms with Gasteiger partial charge in [-0.2, -0.15) is 0 Å². The summed E-state index contributed by atoms with van der Waals surface area (Å²) in [6.45, 7) is 2.19. The average Bonchev–Trinajstić information content (AvgIpc) is 2.72. The van der Waals surface area contributed by atoms with Crippen molar-refractivity contribution in [2.75, 3.05) is 0 Å². The van der Waals surface area contributed by atoms with Gasteiger partial charge in [0.25, 0.3) is 0 Å². The second kappa shape index (κ2) is 5.98. The van der Waals surface area contributed by atoms with Crippen molar-refractivity contribution in [3.05, 3.63) is 35.5 Å². The molecule has 1 aromatic heterocycles. The van der Waals surface area contributed by atoms with E-state index in [9.17, 15) is 8.78 Å². The molecule has 1 nitrogen and oxygen atoms in total. The summed E-state index contributed by atoms with van der Waals surface area (Å²) in [5.74, 6) is -1.02. The molecule has 0 radical (unpaired) electrons. The van der Waals surface area contributed by atoms with Gasteiger partial charge in [-0.05, 0) is 24.5 Å². The van der Waals surface area contributed by atoms with Gasteiger partial charge in [0, 0.05) is 17.6 Å². The van der Waals surface area contributed by atoms with E-state index in [1.54, 1.807) is 6.20 Å². The highest BCUT2D eigenvalue weighted by Gasteiger charge is 2.09. The third-order valence-corrected chi connectivity index (χ3v) is 3.34. The Morgan fingerprint density at radius 2 is 1.83 bits per heavy atom. The predicted octanol–water partition coefficient (Wildman–Crippen LogP) is 4.96. The Hall–Kier alpha value is -1.38. The molecular formula is C15H19F2N. The molecule has 1 aromatic carbocycles. The van der Waals surface area contributed by atoms with Gasteiger partial charge in [0.2, 0.25) is 0 Å². The van der Waals surface area contributed by atoms with Crippen molar-refractivity contribution in [2.24, 2.45) is 0 Å². The van der Waals surface area contributed by atoms with E-state index >= 15 is 0 Å². The van der Waals surface area contributed by atoms with E-state index in [1.165, 1.54) is 31.7 Å². The quantitative estimate of drug-likeness (QED) is 0.698. The highest BCUT2D eigenvalue weighted by atomic mass is 19.1. The monoisotopic (exact) mass is 251 g/mol. The smallest absolute Gasteiger partial charge is 0.150 e. The normalized spacial score (nSPS) is 11.3. The molecule has 2 aromatic rings. The van der Waals surface area contributed by atoms with Crippen LogP contribution in [0.1, 0.15) is 44.6 Å². The van der Waals surface area contributed by atoms with Crippen LogP contribution >= 0.6 is 0 Å². The lowest BCUT2D eigenvalue weighted by atomic mass is 10.0. The molecule has 0 unspecified atom stereocenters. The minimum Gasteiger partial charge on any atom is -0.359 e. The van der Waals surface area contributed by atoms with Crippen LogP contribution in [0.25, 0.3) is 10.9 Å². The topological polar surface area (TPSA) is 15.8 Å². The van der Waals surface area contributed by atoms with Gasteiger partial charge < -0.3 is 4.98 Å². The number of fused-ring (bicyclic) bond motifs is 1. The fraction of sp³-hybridized carbons (Fsp3) is 0.467. The highest BCUT2D eigenvalue weighted by Crippen LogP contribution is 2.24. The number of aromatic amines is 1. The van der Waals surface area contributed by atoms with E-state index in [0.717, 1.165) is 24.5 Å². The van der Waals surface area contributed by atoms with Gasteiger partial charge in [0.1, 0.15) is 11.6 Å². The van der Waals surface area contributed by atoms with E-state index in [2.05, 4.69) is 11.9 Å². The molecule has 0 aliphatic carbocycles. The Bertz CT molecular complexity index is 516. The first kappa shape index (κ1) is 13.1. The number of unbranched alkanes of at least 4 members (excludes halogenated alkanes) is 4. The fourth-order valence-corrected chi connectivity index (χ4v) is 2.34. The first-order valence-electron chi connectivity index (χ1n) is 6.67. The number of hydrogen-bond donors (Lipinski definition) is 1. The standard InChI is InChI=1S/C15H19F2N/c1-2-3-4-5-6-7-11-10-18-15-13(11)8-12(16)9-14(15)17/h8-10,18H,2-7H2,1H3. The van der Waals surface area contributed by atoms with Gasteiger partial charge in [-0.3, -0.25) is 0 Å². The molecular weight excluding hydrogens is 232 g/mol. The maximum absolute atomic E-state index is 13.5. The summed E-state index contributed by atoms with van der Waals surface area (Å²) in [5.41, 5.74) is 1.43. The van der Waals surface area contributed by atoms with Crippen LogP contribution in [0.5, 0.6) is 0 Å². The Labute approximate surface area is 106 Å². The second-order valence-corrected chi connectivity index (χ2v) is 4.79. The van der Waals surface area contributed by atoms with Crippen molar-refractivity contribution in [3.8, 4) is 0 Å². The average molecular weight is 251 g/mol. The third-order valence-electron chi connectivity index (χ3n) is 3.34. The lowest BCUT2D eigenvalue weighted by Crippen LogP contribution is -1.86. The molecule has 3 heteroatoms. The predicted molar refractivity (Wildman–Crippen MR) is 70.7 cm³/mol. The molecule has 0 saturated heterocycles. The van der Waals surface area contributed by atoms with Gasteiger partial charge >= 0.3 is 0 Å². The summed E-state index contributed by atoms with van der Waals surface area (Å²) in [7, 11) is 0. The Morgan fingerprint density at radius 3 is 2.61 bits per heavy atom. The summed E-state index contributed by atoms with van der Waals surface area (Å²) in [6, 6.07) is 2.33. The van der Waals surface area contributed by atoms with E-state index in [-0.39, 0.29) is 0 Å². The van der Waals surface area contributed by atoms with Crippen molar-refractivity contribution in [1.29, 1.82) is 0 Å². The molecule has 98 valence electrons. The molecule has 2 rings (SSSR count). The fourth-order valence-electron chi connectivity index (χ4n) is 2.34. The van der Waals surface area contributed by atoms with Gasteiger partial charge in [-0.15, -0.1) is 0 Å². The Morgan fingerprint density at radius 1 is 1.06 bits per heavy atom. The van der Waals surface area contributed by atoms with Gasteiger partial charge in [0.05, 0.1) is 5.52 Å². The van der Waals surface area contributed by atoms with Crippen LogP contribution in [-0.4, -0.2) is 4.98 Å². The first-order valence-corrected chi connectivity index (χ1v) is 6.67. The van der Waals surface area contributed by atoms with E-state index in [4.69, 9.17) is 0 Å². The number of rotatable bonds is 6. The molecule has 0 saturated carbocycles. The zero-order chi connectivity index (χ0) is 13.0. The van der Waals surface area contributed by atoms with Crippen LogP contribution in [-0.2, 0) is 6.42 Å². The number of nitrogens with one attached hydrogen (secondary N) is 1. The maximum atomic E-state index is 13.5. The molecule has 0 amide bonds. The van der Waals surface area contributed by atoms with Crippen molar-refractivity contribution >= 4 is 10.9 Å². The van der Waals surface area contributed by atoms with Crippen LogP contribution in [0.3, 0.4) is 0 Å². The molecule has 0 aliphatic heterocycles. The number of H-pyrrole nitrogens is 1. The number of hydrogen-bond acceptors (Lipinski definition) is 0. The number of halogens is 2. The molecule has 1 N–H and O–H groups in total. The third kappa shape index (κ3) is 2.89. The zero-order valence-corrected chi connectivity index (χ0v) is 10.7. The summed E-state index contributed by atoms with van der Waals surface area (Å²) in [5, 5.41) is 0.683. The summed E-state index contributed by atoms with van der Waals surface area (Å²) in [4.78, 5) is 2.89. The zero-order valence-electron chi connectivity index (χ0n) is 10.7. The van der Waals surface area contributed by atoms with E-state index < -0.39 is 11.6 Å². The molecule has 1 heterocycles. The van der Waals surface area contributed by atoms with Crippen LogP contribution < -0.4 is 0 Å². The number of aromatic nitrogens is 1. The molecule has 0 bridgehead atoms. The van der Waals surface area contributed by atoms with Crippen LogP contribution in [0.2, 0.25) is 0 Å². The SMILES string of the molecule is CCCCCCCc1c[nH]c2c(F)cc(F)cc12. The molecule has 0 spiro atoms. The van der Waals surface area contributed by atoms with Crippen LogP contribution in [0.15, 0.2) is 18.3 Å². The highest BCUT2D eigenvalue weighted by molar-refractivity contribution is 5.83. The Kier molecular flexibility index (Phi) is 4.34. The summed E-state index contributed by atoms with van der Waals surface area (Å²) in [6.07, 6.45) is 8.66. The summed E-state index contributed by atoms with van der Waals surface area (Å²) >= 11 is 0. The van der Waals surface area contributed by atoms with E-state index in [1.807, 2.05) is 0 Å². The minimum atomic E-state index is -0.512. The minimum absolute atomic E-state index is 0.417. The van der Waals surface area contributed by atoms with Crippen molar-refractivity contribution in [3.63, 3.8) is 0 Å². The molecule has 18 heavy (non-hydrogen) atoms. The lowest BCUT2D eigenvalue weighted by Gasteiger charge is -2.01. The van der Waals surface area contributed by atoms with Crippen molar-refractivity contribution in [1.82, 2.24) is 4.98 Å². The molecule has 0 atom stereocenters. The van der Waals surface area contributed by atoms with E-state index in [0.29, 0.717) is 10.9 Å². The second-order valence-electron chi connectivity index (χ2n) is 4.79. The molecule has 0 fully saturated rings. The van der Waals surface area contributed by atoms with Gasteiger partial charge in [-0.25, -0.2) is 8.78 Å². The Balaban J connectivity index is 2.05. The van der Waals surface area contributed by atoms with Crippen LogP contribution in [0.4, 0.5) is 8.78 Å². The summed E-state index contributed by atoms with van der Waals surface area (Å²) < 4.78 is 26.7. The van der Waals surface area contributed by atoms with Crippen molar-refractivity contribution < 1.29 is 8.78 Å². The number of benzene rings is 1.